The summed E-state index contributed by atoms with van der Waals surface area (Å²) in [7, 11) is 0. The number of hydrogen-bond donors (Lipinski definition) is 2. The zero-order valence-electron chi connectivity index (χ0n) is 17.5. The number of aromatic nitrogens is 3. The highest BCUT2D eigenvalue weighted by molar-refractivity contribution is 14.0. The Labute approximate surface area is 199 Å². The molecule has 1 fully saturated rings. The summed E-state index contributed by atoms with van der Waals surface area (Å²) >= 11 is 1.88. The van der Waals surface area contributed by atoms with Crippen molar-refractivity contribution in [3.8, 4) is 0 Å². The number of thiophene rings is 1. The van der Waals surface area contributed by atoms with E-state index >= 15 is 0 Å². The highest BCUT2D eigenvalue weighted by Crippen LogP contribution is 2.41. The summed E-state index contributed by atoms with van der Waals surface area (Å²) < 4.78 is 2.04. The van der Waals surface area contributed by atoms with Crippen LogP contribution in [-0.2, 0) is 11.8 Å². The number of guanidine groups is 1. The molecule has 3 heterocycles. The predicted octanol–water partition coefficient (Wildman–Crippen LogP) is 4.41. The summed E-state index contributed by atoms with van der Waals surface area (Å²) in [5.74, 6) is 1.86. The molecule has 0 spiro atoms. The van der Waals surface area contributed by atoms with E-state index in [0.29, 0.717) is 0 Å². The lowest BCUT2D eigenvalue weighted by atomic mass is 9.73. The van der Waals surface area contributed by atoms with Gasteiger partial charge in [-0.2, -0.15) is 0 Å². The first-order chi connectivity index (χ1) is 14.3. The molecule has 1 aliphatic carbocycles. The van der Waals surface area contributed by atoms with Crippen molar-refractivity contribution in [1.82, 2.24) is 25.2 Å². The molecule has 0 atom stereocenters. The third kappa shape index (κ3) is 5.32. The number of hydrogen-bond acceptors (Lipinski definition) is 4. The fourth-order valence-corrected chi connectivity index (χ4v) is 5.20. The van der Waals surface area contributed by atoms with Gasteiger partial charge in [0.25, 0.3) is 0 Å². The van der Waals surface area contributed by atoms with Crippen LogP contribution in [0.4, 0.5) is 0 Å². The van der Waals surface area contributed by atoms with Crippen LogP contribution in [0.2, 0.25) is 0 Å². The molecule has 0 unspecified atom stereocenters. The predicted molar refractivity (Wildman–Crippen MR) is 135 cm³/mol. The van der Waals surface area contributed by atoms with Crippen LogP contribution in [0.3, 0.4) is 0 Å². The Balaban J connectivity index is 0.00000256. The highest BCUT2D eigenvalue weighted by Gasteiger charge is 2.34. The first-order valence-corrected chi connectivity index (χ1v) is 11.5. The molecule has 0 bridgehead atoms. The lowest BCUT2D eigenvalue weighted by Crippen LogP contribution is -2.40. The second-order valence-corrected chi connectivity index (χ2v) is 8.68. The normalized spacial score (nSPS) is 16.2. The molecular weight excluding hydrogens is 507 g/mol. The van der Waals surface area contributed by atoms with Crippen LogP contribution in [0, 0.1) is 0 Å². The van der Waals surface area contributed by atoms with E-state index in [4.69, 9.17) is 4.99 Å². The van der Waals surface area contributed by atoms with E-state index in [1.54, 1.807) is 0 Å². The van der Waals surface area contributed by atoms with Gasteiger partial charge in [-0.25, -0.2) is 0 Å². The zero-order valence-corrected chi connectivity index (χ0v) is 20.7. The number of pyridine rings is 1. The van der Waals surface area contributed by atoms with Gasteiger partial charge >= 0.3 is 0 Å². The Morgan fingerprint density at radius 2 is 2.00 bits per heavy atom. The fraction of sp³-hybridized carbons (Fsp3) is 0.500. The van der Waals surface area contributed by atoms with Gasteiger partial charge in [-0.1, -0.05) is 31.4 Å². The summed E-state index contributed by atoms with van der Waals surface area (Å²) in [6.45, 7) is 4.58. The van der Waals surface area contributed by atoms with Crippen molar-refractivity contribution in [2.45, 2.75) is 50.9 Å². The third-order valence-electron chi connectivity index (χ3n) is 5.76. The molecule has 1 aliphatic rings. The molecule has 0 radical (unpaired) electrons. The van der Waals surface area contributed by atoms with E-state index in [1.807, 2.05) is 40.1 Å². The van der Waals surface area contributed by atoms with Gasteiger partial charge < -0.3 is 10.6 Å². The van der Waals surface area contributed by atoms with E-state index in [-0.39, 0.29) is 29.4 Å². The third-order valence-corrected chi connectivity index (χ3v) is 6.88. The van der Waals surface area contributed by atoms with Crippen LogP contribution < -0.4 is 10.6 Å². The minimum atomic E-state index is 0. The zero-order chi connectivity index (χ0) is 19.9. The number of nitrogens with one attached hydrogen (secondary N) is 2. The molecule has 1 saturated carbocycles. The maximum absolute atomic E-state index is 5.00. The Morgan fingerprint density at radius 1 is 1.13 bits per heavy atom. The van der Waals surface area contributed by atoms with E-state index in [0.717, 1.165) is 43.5 Å². The summed E-state index contributed by atoms with van der Waals surface area (Å²) in [6, 6.07) is 10.4. The summed E-state index contributed by atoms with van der Waals surface area (Å²) in [4.78, 5) is 6.50. The first-order valence-electron chi connectivity index (χ1n) is 10.7. The van der Waals surface area contributed by atoms with Crippen molar-refractivity contribution in [2.24, 2.45) is 4.99 Å². The molecule has 6 nitrogen and oxygen atoms in total. The lowest BCUT2D eigenvalue weighted by Gasteiger charge is -2.35. The summed E-state index contributed by atoms with van der Waals surface area (Å²) in [5, 5.41) is 17.6. The lowest BCUT2D eigenvalue weighted by molar-refractivity contribution is 0.306. The molecule has 0 aromatic carbocycles. The second kappa shape index (κ2) is 11.1. The fourth-order valence-electron chi connectivity index (χ4n) is 4.22. The van der Waals surface area contributed by atoms with E-state index in [2.05, 4.69) is 45.3 Å². The van der Waals surface area contributed by atoms with Gasteiger partial charge in [0, 0.05) is 36.0 Å². The number of rotatable bonds is 7. The smallest absolute Gasteiger partial charge is 0.191 e. The Hall–Kier alpha value is -1.68. The molecule has 0 aliphatic heterocycles. The van der Waals surface area contributed by atoms with E-state index in [9.17, 15) is 0 Å². The van der Waals surface area contributed by atoms with Gasteiger partial charge in [0.15, 0.2) is 11.6 Å². The average Bonchev–Trinajstić information content (AvgIpc) is 3.44. The van der Waals surface area contributed by atoms with Crippen LogP contribution >= 0.6 is 35.3 Å². The van der Waals surface area contributed by atoms with Crippen molar-refractivity contribution in [2.75, 3.05) is 19.6 Å². The van der Waals surface area contributed by atoms with Gasteiger partial charge in [-0.3, -0.25) is 9.39 Å². The van der Waals surface area contributed by atoms with Crippen LogP contribution in [0.25, 0.3) is 5.65 Å². The topological polar surface area (TPSA) is 66.6 Å². The molecule has 0 saturated heterocycles. The average molecular weight is 539 g/mol. The van der Waals surface area contributed by atoms with Crippen molar-refractivity contribution in [1.29, 1.82) is 0 Å². The highest BCUT2D eigenvalue weighted by atomic mass is 127. The monoisotopic (exact) mass is 538 g/mol. The maximum atomic E-state index is 5.00. The van der Waals surface area contributed by atoms with Crippen molar-refractivity contribution < 1.29 is 0 Å². The van der Waals surface area contributed by atoms with Crippen LogP contribution in [0.15, 0.2) is 46.9 Å². The number of nitrogens with zero attached hydrogens (tertiary/aromatic N) is 4. The SMILES string of the molecule is CCNC(=NCC1(c2cccs2)CCCCC1)NCCc1nnc2ccccn12.I. The number of aliphatic imine (C=N–C) groups is 1. The van der Waals surface area contributed by atoms with Crippen molar-refractivity contribution in [3.05, 3.63) is 52.6 Å². The van der Waals surface area contributed by atoms with E-state index < -0.39 is 0 Å². The molecule has 8 heteroatoms. The first kappa shape index (κ1) is 23.0. The quantitative estimate of drug-likeness (QED) is 0.266. The molecule has 0 amide bonds. The van der Waals surface area contributed by atoms with Gasteiger partial charge in [0.05, 0.1) is 6.54 Å². The van der Waals surface area contributed by atoms with Crippen molar-refractivity contribution in [3.63, 3.8) is 0 Å². The van der Waals surface area contributed by atoms with Crippen LogP contribution in [0.5, 0.6) is 0 Å². The summed E-state index contributed by atoms with van der Waals surface area (Å²) in [5.41, 5.74) is 1.09. The summed E-state index contributed by atoms with van der Waals surface area (Å²) in [6.07, 6.45) is 9.24. The molecule has 2 N–H and O–H groups in total. The molecule has 30 heavy (non-hydrogen) atoms. The maximum Gasteiger partial charge on any atom is 0.191 e. The van der Waals surface area contributed by atoms with Gasteiger partial charge in [0.1, 0.15) is 5.82 Å². The Kier molecular flexibility index (Phi) is 8.50. The molecule has 4 rings (SSSR count). The van der Waals surface area contributed by atoms with Gasteiger partial charge in [0.2, 0.25) is 0 Å². The largest absolute Gasteiger partial charge is 0.357 e. The Bertz CT molecular complexity index is 930. The minimum Gasteiger partial charge on any atom is -0.357 e. The standard InChI is InChI=1S/C22H30N6S.HI/c1-2-23-21(24-14-11-20-27-26-19-10-4-7-15-28(19)20)25-17-22(12-5-3-6-13-22)18-9-8-16-29-18;/h4,7-10,15-16H,2-3,5-6,11-14,17H2,1H3,(H2,23,24,25);1H. The molecule has 3 aromatic heterocycles. The molecule has 162 valence electrons. The molecular formula is C22H31IN6S. The minimum absolute atomic E-state index is 0. The number of halogens is 1. The van der Waals surface area contributed by atoms with E-state index in [1.165, 1.54) is 37.0 Å². The van der Waals surface area contributed by atoms with Gasteiger partial charge in [-0.15, -0.1) is 45.5 Å². The Morgan fingerprint density at radius 3 is 2.77 bits per heavy atom. The van der Waals surface area contributed by atoms with Crippen LogP contribution in [0.1, 0.15) is 49.7 Å². The van der Waals surface area contributed by atoms with Gasteiger partial charge in [-0.05, 0) is 43.3 Å². The number of fused-ring (bicyclic) bond motifs is 1. The van der Waals surface area contributed by atoms with Crippen LogP contribution in [-0.4, -0.2) is 40.2 Å². The van der Waals surface area contributed by atoms with Crippen molar-refractivity contribution >= 4 is 46.9 Å². The second-order valence-electron chi connectivity index (χ2n) is 7.74. The molecule has 3 aromatic rings.